The highest BCUT2D eigenvalue weighted by Crippen LogP contribution is 2.16. The molecule has 1 amide bonds. The molecule has 1 aliphatic heterocycles. The molecular weight excluding hydrogens is 230 g/mol. The molecule has 0 fully saturated rings. The van der Waals surface area contributed by atoms with Gasteiger partial charge in [-0.15, -0.1) is 0 Å². The lowest BCUT2D eigenvalue weighted by Crippen LogP contribution is -2.28. The third kappa shape index (κ3) is 2.66. The summed E-state index contributed by atoms with van der Waals surface area (Å²) in [6, 6.07) is 7.24. The van der Waals surface area contributed by atoms with Gasteiger partial charge < -0.3 is 4.74 Å². The molecule has 0 saturated heterocycles. The van der Waals surface area contributed by atoms with E-state index in [9.17, 15) is 4.79 Å². The highest BCUT2D eigenvalue weighted by atomic mass is 16.5. The van der Waals surface area contributed by atoms with Gasteiger partial charge >= 0.3 is 0 Å². The van der Waals surface area contributed by atoms with Crippen molar-refractivity contribution in [3.8, 4) is 6.07 Å². The second-order valence-corrected chi connectivity index (χ2v) is 3.99. The predicted octanol–water partition coefficient (Wildman–Crippen LogP) is 1.67. The number of carbonyl (C=O) groups excluding carboxylic acids is 1. The third-order valence-corrected chi connectivity index (χ3v) is 2.57. The van der Waals surface area contributed by atoms with Crippen LogP contribution >= 0.6 is 0 Å². The van der Waals surface area contributed by atoms with E-state index >= 15 is 0 Å². The zero-order chi connectivity index (χ0) is 13.0. The summed E-state index contributed by atoms with van der Waals surface area (Å²) in [5, 5.41) is 11.5. The molecule has 1 aromatic heterocycles. The number of ether oxygens (including phenoxy) is 1. The lowest BCUT2D eigenvalue weighted by atomic mass is 10.1. The van der Waals surface area contributed by atoms with Crippen LogP contribution in [0.15, 0.2) is 29.7 Å². The van der Waals surface area contributed by atoms with E-state index in [1.165, 1.54) is 0 Å². The van der Waals surface area contributed by atoms with E-state index in [1.807, 2.05) is 19.1 Å². The molecule has 1 aliphatic rings. The fourth-order valence-electron chi connectivity index (χ4n) is 1.68. The second-order valence-electron chi connectivity index (χ2n) is 3.99. The van der Waals surface area contributed by atoms with Crippen LogP contribution < -0.4 is 5.32 Å². The number of amides is 1. The zero-order valence-electron chi connectivity index (χ0n) is 10.1. The van der Waals surface area contributed by atoms with Crippen molar-refractivity contribution >= 4 is 5.91 Å². The van der Waals surface area contributed by atoms with Gasteiger partial charge in [0.05, 0.1) is 12.2 Å². The van der Waals surface area contributed by atoms with Crippen molar-refractivity contribution in [2.75, 3.05) is 6.61 Å². The molecule has 5 nitrogen and oxygen atoms in total. The van der Waals surface area contributed by atoms with E-state index < -0.39 is 0 Å². The Balaban J connectivity index is 2.17. The van der Waals surface area contributed by atoms with Gasteiger partial charge in [-0.3, -0.25) is 10.1 Å². The van der Waals surface area contributed by atoms with Crippen molar-refractivity contribution < 1.29 is 9.53 Å². The van der Waals surface area contributed by atoms with Crippen molar-refractivity contribution in [3.05, 3.63) is 41.0 Å². The molecule has 2 rings (SSSR count). The standard InChI is InChI=1S/C13H13N3O2/c1-9-4-2-6-11(15-9)12(17)16-13-10(8-14)5-3-7-18-13/h2,4,6H,3,5,7H2,1H3,(H,16,17). The molecule has 0 radical (unpaired) electrons. The molecule has 0 aliphatic carbocycles. The quantitative estimate of drug-likeness (QED) is 0.857. The Morgan fingerprint density at radius 1 is 1.56 bits per heavy atom. The first-order chi connectivity index (χ1) is 8.70. The highest BCUT2D eigenvalue weighted by Gasteiger charge is 2.17. The Labute approximate surface area is 105 Å². The molecule has 0 unspecified atom stereocenters. The SMILES string of the molecule is Cc1cccc(C(=O)NC2=C(C#N)CCCO2)n1. The van der Waals surface area contributed by atoms with E-state index in [4.69, 9.17) is 10.00 Å². The Hall–Kier alpha value is -2.35. The topological polar surface area (TPSA) is 75.0 Å². The summed E-state index contributed by atoms with van der Waals surface area (Å²) in [7, 11) is 0. The fourth-order valence-corrected chi connectivity index (χ4v) is 1.68. The maximum atomic E-state index is 11.9. The van der Waals surface area contributed by atoms with Crippen LogP contribution in [-0.2, 0) is 4.74 Å². The van der Waals surface area contributed by atoms with Crippen molar-refractivity contribution in [1.29, 1.82) is 5.26 Å². The van der Waals surface area contributed by atoms with Gasteiger partial charge in [-0.1, -0.05) is 6.07 Å². The summed E-state index contributed by atoms with van der Waals surface area (Å²) in [5.74, 6) is -0.0968. The van der Waals surface area contributed by atoms with Crippen molar-refractivity contribution in [3.63, 3.8) is 0 Å². The lowest BCUT2D eigenvalue weighted by molar-refractivity contribution is 0.0899. The van der Waals surface area contributed by atoms with Crippen LogP contribution in [0.2, 0.25) is 0 Å². The first-order valence-electron chi connectivity index (χ1n) is 5.72. The molecule has 0 saturated carbocycles. The second kappa shape index (κ2) is 5.32. The summed E-state index contributed by atoms with van der Waals surface area (Å²) < 4.78 is 5.30. The van der Waals surface area contributed by atoms with Crippen LogP contribution in [0, 0.1) is 18.3 Å². The predicted molar refractivity (Wildman–Crippen MR) is 64.3 cm³/mol. The lowest BCUT2D eigenvalue weighted by Gasteiger charge is -2.17. The minimum atomic E-state index is -0.358. The van der Waals surface area contributed by atoms with Crippen molar-refractivity contribution in [2.24, 2.45) is 0 Å². The Kier molecular flexibility index (Phi) is 3.58. The van der Waals surface area contributed by atoms with E-state index in [-0.39, 0.29) is 11.8 Å². The van der Waals surface area contributed by atoms with Gasteiger partial charge in [0.25, 0.3) is 5.91 Å². The number of aromatic nitrogens is 1. The molecule has 0 bridgehead atoms. The largest absolute Gasteiger partial charge is 0.478 e. The van der Waals surface area contributed by atoms with Gasteiger partial charge in [0.2, 0.25) is 5.88 Å². The Morgan fingerprint density at radius 3 is 3.11 bits per heavy atom. The first kappa shape index (κ1) is 12.1. The molecule has 0 spiro atoms. The number of aryl methyl sites for hydroxylation is 1. The van der Waals surface area contributed by atoms with Crippen LogP contribution in [0.25, 0.3) is 0 Å². The number of hydrogen-bond donors (Lipinski definition) is 1. The zero-order valence-corrected chi connectivity index (χ0v) is 10.1. The number of nitriles is 1. The van der Waals surface area contributed by atoms with Crippen molar-refractivity contribution in [2.45, 2.75) is 19.8 Å². The normalized spacial score (nSPS) is 14.7. The molecule has 18 heavy (non-hydrogen) atoms. The number of nitrogens with zero attached hydrogens (tertiary/aromatic N) is 2. The summed E-state index contributed by atoms with van der Waals surface area (Å²) in [4.78, 5) is 16.0. The van der Waals surface area contributed by atoms with Gasteiger partial charge in [-0.05, 0) is 31.9 Å². The average molecular weight is 243 g/mol. The van der Waals surface area contributed by atoms with E-state index in [0.717, 1.165) is 12.1 Å². The number of hydrogen-bond acceptors (Lipinski definition) is 4. The van der Waals surface area contributed by atoms with Gasteiger partial charge in [-0.2, -0.15) is 5.26 Å². The van der Waals surface area contributed by atoms with Gasteiger partial charge in [0.1, 0.15) is 11.8 Å². The first-order valence-corrected chi connectivity index (χ1v) is 5.72. The maximum absolute atomic E-state index is 11.9. The summed E-state index contributed by atoms with van der Waals surface area (Å²) >= 11 is 0. The average Bonchev–Trinajstić information content (AvgIpc) is 2.39. The molecule has 2 heterocycles. The fraction of sp³-hybridized carbons (Fsp3) is 0.308. The Bertz CT molecular complexity index is 543. The van der Waals surface area contributed by atoms with E-state index in [0.29, 0.717) is 24.3 Å². The number of carbonyl (C=O) groups is 1. The minimum absolute atomic E-state index is 0.261. The van der Waals surface area contributed by atoms with Crippen LogP contribution in [0.5, 0.6) is 0 Å². The number of rotatable bonds is 2. The number of nitrogens with one attached hydrogen (secondary N) is 1. The molecule has 0 aromatic carbocycles. The van der Waals surface area contributed by atoms with E-state index in [1.54, 1.807) is 12.1 Å². The molecule has 1 aromatic rings. The molecule has 5 heteroatoms. The minimum Gasteiger partial charge on any atom is -0.478 e. The highest BCUT2D eigenvalue weighted by molar-refractivity contribution is 5.93. The van der Waals surface area contributed by atoms with Crippen LogP contribution in [0.3, 0.4) is 0 Å². The molecular formula is C13H13N3O2. The maximum Gasteiger partial charge on any atom is 0.276 e. The van der Waals surface area contributed by atoms with E-state index in [2.05, 4.69) is 10.3 Å². The smallest absolute Gasteiger partial charge is 0.276 e. The van der Waals surface area contributed by atoms with Gasteiger partial charge in [0, 0.05) is 5.69 Å². The molecule has 1 N–H and O–H groups in total. The summed E-state index contributed by atoms with van der Waals surface area (Å²) in [6.45, 7) is 2.33. The van der Waals surface area contributed by atoms with Gasteiger partial charge in [-0.25, -0.2) is 4.98 Å². The Morgan fingerprint density at radius 2 is 2.39 bits per heavy atom. The molecule has 0 atom stereocenters. The van der Waals surface area contributed by atoms with Crippen LogP contribution in [0.4, 0.5) is 0 Å². The molecule has 92 valence electrons. The number of pyridine rings is 1. The van der Waals surface area contributed by atoms with Gasteiger partial charge in [0.15, 0.2) is 0 Å². The van der Waals surface area contributed by atoms with Crippen LogP contribution in [0.1, 0.15) is 29.0 Å². The monoisotopic (exact) mass is 243 g/mol. The summed E-state index contributed by atoms with van der Waals surface area (Å²) in [6.07, 6.45) is 1.43. The van der Waals surface area contributed by atoms with Crippen molar-refractivity contribution in [1.82, 2.24) is 10.3 Å². The summed E-state index contributed by atoms with van der Waals surface area (Å²) in [5.41, 5.74) is 1.55. The van der Waals surface area contributed by atoms with Crippen LogP contribution in [-0.4, -0.2) is 17.5 Å². The number of allylic oxidation sites excluding steroid dienone is 1. The third-order valence-electron chi connectivity index (χ3n) is 2.57.